The highest BCUT2D eigenvalue weighted by molar-refractivity contribution is 7.99. The van der Waals surface area contributed by atoms with Gasteiger partial charge in [-0.05, 0) is 31.0 Å². The number of anilines is 1. The molecular formula is C11H15NS. The fourth-order valence-electron chi connectivity index (χ4n) is 1.55. The Bertz CT molecular complexity index is 309. The Labute approximate surface area is 83.9 Å². The molecule has 1 aliphatic rings. The Morgan fingerprint density at radius 1 is 1.54 bits per heavy atom. The van der Waals surface area contributed by atoms with Crippen LogP contribution in [0.5, 0.6) is 0 Å². The minimum atomic E-state index is 0.652. The number of thioether (sulfide) groups is 1. The number of aryl methyl sites for hydroxylation is 1. The van der Waals surface area contributed by atoms with E-state index in [-0.39, 0.29) is 0 Å². The third-order valence-corrected chi connectivity index (χ3v) is 3.66. The lowest BCUT2D eigenvalue weighted by atomic mass is 10.2. The summed E-state index contributed by atoms with van der Waals surface area (Å²) in [5, 5.41) is 3.57. The summed E-state index contributed by atoms with van der Waals surface area (Å²) in [6.07, 6.45) is 1.21. The summed E-state index contributed by atoms with van der Waals surface area (Å²) in [7, 11) is 0. The van der Waals surface area contributed by atoms with Crippen LogP contribution in [0.15, 0.2) is 23.1 Å². The smallest absolute Gasteiger partial charge is 0.0483 e. The highest BCUT2D eigenvalue weighted by Gasteiger charge is 2.15. The second-order valence-corrected chi connectivity index (χ2v) is 4.62. The van der Waals surface area contributed by atoms with Crippen LogP contribution in [0.4, 0.5) is 5.69 Å². The van der Waals surface area contributed by atoms with E-state index in [2.05, 4.69) is 37.4 Å². The van der Waals surface area contributed by atoms with Crippen LogP contribution in [0, 0.1) is 6.92 Å². The van der Waals surface area contributed by atoms with Crippen molar-refractivity contribution in [3.63, 3.8) is 0 Å². The maximum absolute atomic E-state index is 3.57. The monoisotopic (exact) mass is 193 g/mol. The second-order valence-electron chi connectivity index (χ2n) is 3.56. The van der Waals surface area contributed by atoms with E-state index in [9.17, 15) is 0 Å². The molecule has 0 saturated carbocycles. The van der Waals surface area contributed by atoms with E-state index in [1.165, 1.54) is 28.3 Å². The SMILES string of the molecule is CCC1CSc2ccc(C)cc2N1. The van der Waals surface area contributed by atoms with E-state index in [0.717, 1.165) is 0 Å². The van der Waals surface area contributed by atoms with Crippen molar-refractivity contribution in [3.05, 3.63) is 23.8 Å². The molecule has 1 N–H and O–H groups in total. The van der Waals surface area contributed by atoms with Gasteiger partial charge in [0, 0.05) is 22.4 Å². The van der Waals surface area contributed by atoms with Crippen molar-refractivity contribution < 1.29 is 0 Å². The molecule has 0 aromatic heterocycles. The van der Waals surface area contributed by atoms with E-state index in [0.29, 0.717) is 6.04 Å². The van der Waals surface area contributed by atoms with Crippen molar-refractivity contribution >= 4 is 17.4 Å². The Morgan fingerprint density at radius 3 is 3.15 bits per heavy atom. The summed E-state index contributed by atoms with van der Waals surface area (Å²) in [6, 6.07) is 7.29. The fourth-order valence-corrected chi connectivity index (χ4v) is 2.69. The molecule has 2 heteroatoms. The third-order valence-electron chi connectivity index (χ3n) is 2.43. The van der Waals surface area contributed by atoms with Gasteiger partial charge in [-0.1, -0.05) is 13.0 Å². The molecule has 0 fully saturated rings. The molecule has 1 nitrogen and oxygen atoms in total. The molecular weight excluding hydrogens is 178 g/mol. The first-order chi connectivity index (χ1) is 6.29. The van der Waals surface area contributed by atoms with Crippen LogP contribution in [0.25, 0.3) is 0 Å². The third kappa shape index (κ3) is 1.83. The summed E-state index contributed by atoms with van der Waals surface area (Å²) < 4.78 is 0. The zero-order chi connectivity index (χ0) is 9.26. The second kappa shape index (κ2) is 3.62. The number of fused-ring (bicyclic) bond motifs is 1. The molecule has 0 saturated heterocycles. The lowest BCUT2D eigenvalue weighted by molar-refractivity contribution is 0.764. The first-order valence-electron chi connectivity index (χ1n) is 4.79. The average Bonchev–Trinajstić information content (AvgIpc) is 2.16. The van der Waals surface area contributed by atoms with Gasteiger partial charge in [-0.25, -0.2) is 0 Å². The van der Waals surface area contributed by atoms with E-state index in [4.69, 9.17) is 0 Å². The highest BCUT2D eigenvalue weighted by Crippen LogP contribution is 2.34. The van der Waals surface area contributed by atoms with Gasteiger partial charge >= 0.3 is 0 Å². The largest absolute Gasteiger partial charge is 0.381 e. The number of nitrogens with one attached hydrogen (secondary N) is 1. The van der Waals surface area contributed by atoms with Crippen LogP contribution >= 0.6 is 11.8 Å². The molecule has 1 heterocycles. The predicted octanol–water partition coefficient (Wildman–Crippen LogP) is 3.29. The quantitative estimate of drug-likeness (QED) is 0.734. The minimum Gasteiger partial charge on any atom is -0.381 e. The van der Waals surface area contributed by atoms with Crippen molar-refractivity contribution in [3.8, 4) is 0 Å². The number of hydrogen-bond donors (Lipinski definition) is 1. The lowest BCUT2D eigenvalue weighted by Crippen LogP contribution is -2.24. The Balaban J connectivity index is 2.27. The van der Waals surface area contributed by atoms with Crippen molar-refractivity contribution in [2.75, 3.05) is 11.1 Å². The zero-order valence-electron chi connectivity index (χ0n) is 8.13. The maximum Gasteiger partial charge on any atom is 0.0483 e. The van der Waals surface area contributed by atoms with E-state index >= 15 is 0 Å². The van der Waals surface area contributed by atoms with Gasteiger partial charge in [0.05, 0.1) is 0 Å². The summed E-state index contributed by atoms with van der Waals surface area (Å²) in [4.78, 5) is 1.40. The van der Waals surface area contributed by atoms with Crippen LogP contribution in [-0.4, -0.2) is 11.8 Å². The van der Waals surface area contributed by atoms with Gasteiger partial charge in [0.25, 0.3) is 0 Å². The highest BCUT2D eigenvalue weighted by atomic mass is 32.2. The molecule has 0 amide bonds. The van der Waals surface area contributed by atoms with Gasteiger partial charge < -0.3 is 5.32 Å². The van der Waals surface area contributed by atoms with Gasteiger partial charge in [0.15, 0.2) is 0 Å². The van der Waals surface area contributed by atoms with Gasteiger partial charge in [-0.15, -0.1) is 11.8 Å². The van der Waals surface area contributed by atoms with Crippen LogP contribution in [-0.2, 0) is 0 Å². The van der Waals surface area contributed by atoms with Crippen molar-refractivity contribution in [1.82, 2.24) is 0 Å². The van der Waals surface area contributed by atoms with Gasteiger partial charge in [0.2, 0.25) is 0 Å². The average molecular weight is 193 g/mol. The Morgan fingerprint density at radius 2 is 2.38 bits per heavy atom. The summed E-state index contributed by atoms with van der Waals surface area (Å²) in [5.41, 5.74) is 2.66. The lowest BCUT2D eigenvalue weighted by Gasteiger charge is -2.25. The summed E-state index contributed by atoms with van der Waals surface area (Å²) >= 11 is 1.97. The first kappa shape index (κ1) is 8.95. The molecule has 0 aliphatic carbocycles. The normalized spacial score (nSPS) is 20.6. The van der Waals surface area contributed by atoms with Crippen molar-refractivity contribution in [2.24, 2.45) is 0 Å². The fraction of sp³-hybridized carbons (Fsp3) is 0.455. The van der Waals surface area contributed by atoms with Gasteiger partial charge in [-0.3, -0.25) is 0 Å². The Kier molecular flexibility index (Phi) is 2.49. The van der Waals surface area contributed by atoms with E-state index in [1.54, 1.807) is 0 Å². The maximum atomic E-state index is 3.57. The molecule has 1 aromatic carbocycles. The van der Waals surface area contributed by atoms with Crippen molar-refractivity contribution in [2.45, 2.75) is 31.2 Å². The van der Waals surface area contributed by atoms with Gasteiger partial charge in [0.1, 0.15) is 0 Å². The molecule has 1 aromatic rings. The zero-order valence-corrected chi connectivity index (χ0v) is 8.95. The number of benzene rings is 1. The number of hydrogen-bond acceptors (Lipinski definition) is 2. The van der Waals surface area contributed by atoms with E-state index < -0.39 is 0 Å². The standard InChI is InChI=1S/C11H15NS/c1-3-9-7-13-11-5-4-8(2)6-10(11)12-9/h4-6,9,12H,3,7H2,1-2H3. The topological polar surface area (TPSA) is 12.0 Å². The molecule has 1 aliphatic heterocycles. The molecule has 0 radical (unpaired) electrons. The molecule has 1 unspecified atom stereocenters. The molecule has 0 bridgehead atoms. The first-order valence-corrected chi connectivity index (χ1v) is 5.78. The van der Waals surface area contributed by atoms with Crippen LogP contribution in [0.3, 0.4) is 0 Å². The van der Waals surface area contributed by atoms with Crippen molar-refractivity contribution in [1.29, 1.82) is 0 Å². The van der Waals surface area contributed by atoms with Crippen LogP contribution in [0.1, 0.15) is 18.9 Å². The van der Waals surface area contributed by atoms with Gasteiger partial charge in [-0.2, -0.15) is 0 Å². The molecule has 1 atom stereocenters. The summed E-state index contributed by atoms with van der Waals surface area (Å²) in [6.45, 7) is 4.38. The minimum absolute atomic E-state index is 0.652. The molecule has 2 rings (SSSR count). The molecule has 13 heavy (non-hydrogen) atoms. The molecule has 70 valence electrons. The van der Waals surface area contributed by atoms with Crippen LogP contribution < -0.4 is 5.32 Å². The summed E-state index contributed by atoms with van der Waals surface area (Å²) in [5.74, 6) is 1.20. The van der Waals surface area contributed by atoms with Crippen LogP contribution in [0.2, 0.25) is 0 Å². The number of rotatable bonds is 1. The Hall–Kier alpha value is -0.630. The van der Waals surface area contributed by atoms with E-state index in [1.807, 2.05) is 11.8 Å². The predicted molar refractivity (Wildman–Crippen MR) is 59.6 cm³/mol. The molecule has 0 spiro atoms.